The van der Waals surface area contributed by atoms with Crippen LogP contribution in [0.15, 0.2) is 0 Å². The number of hydrogen-bond acceptors (Lipinski definition) is 2. The van der Waals surface area contributed by atoms with Crippen molar-refractivity contribution >= 4 is 5.91 Å². The largest absolute Gasteiger partial charge is 0.667 e. The summed E-state index contributed by atoms with van der Waals surface area (Å²) in [7, 11) is 1.65. The third-order valence-electron chi connectivity index (χ3n) is 1.44. The van der Waals surface area contributed by atoms with Gasteiger partial charge in [-0.2, -0.15) is 0 Å². The summed E-state index contributed by atoms with van der Waals surface area (Å²) in [6.07, 6.45) is 0. The summed E-state index contributed by atoms with van der Waals surface area (Å²) in [4.78, 5) is 11.1. The Morgan fingerprint density at radius 3 is 2.23 bits per heavy atom. The minimum Gasteiger partial charge on any atom is -0.667 e. The average molecular weight is 399 g/mol. The molecule has 5 heteroatoms. The molecule has 0 aromatic rings. The second-order valence-electron chi connectivity index (χ2n) is 3.38. The van der Waals surface area contributed by atoms with Crippen LogP contribution >= 0.6 is 0 Å². The Bertz CT molecular complexity index is 150. The Balaban J connectivity index is 0. The quantitative estimate of drug-likeness (QED) is 0.719. The van der Waals surface area contributed by atoms with E-state index in [1.54, 1.807) is 14.0 Å². The van der Waals surface area contributed by atoms with Gasteiger partial charge in [0.05, 0.1) is 0 Å². The fourth-order valence-electron chi connectivity index (χ4n) is 0.688. The Morgan fingerprint density at radius 1 is 1.46 bits per heavy atom. The van der Waals surface area contributed by atoms with Crippen molar-refractivity contribution in [2.75, 3.05) is 13.6 Å². The van der Waals surface area contributed by atoms with E-state index in [1.807, 2.05) is 0 Å². The van der Waals surface area contributed by atoms with Gasteiger partial charge in [-0.25, -0.2) is 5.43 Å². The summed E-state index contributed by atoms with van der Waals surface area (Å²) in [5.74, 6) is 0.303. The summed E-state index contributed by atoms with van der Waals surface area (Å²) < 4.78 is 0. The van der Waals surface area contributed by atoms with Crippen LogP contribution in [-0.4, -0.2) is 30.6 Å². The van der Waals surface area contributed by atoms with Crippen molar-refractivity contribution in [1.29, 1.82) is 0 Å². The number of amides is 1. The van der Waals surface area contributed by atoms with E-state index >= 15 is 0 Å². The molecule has 75 valence electrons. The van der Waals surface area contributed by atoms with Crippen LogP contribution in [0.5, 0.6) is 0 Å². The average Bonchev–Trinajstić information content (AvgIpc) is 1.98. The fraction of sp³-hybridized carbons (Fsp3) is 0.875. The minimum absolute atomic E-state index is 0. The molecule has 0 fully saturated rings. The van der Waals surface area contributed by atoms with Gasteiger partial charge in [-0.15, -0.1) is 0 Å². The topological polar surface area (TPSA) is 56.1 Å². The Hall–Kier alpha value is 0.832. The van der Waals surface area contributed by atoms with Gasteiger partial charge in [-0.1, -0.05) is 26.8 Å². The summed E-state index contributed by atoms with van der Waals surface area (Å²) in [5, 5.41) is 1.39. The third-order valence-corrected chi connectivity index (χ3v) is 1.44. The van der Waals surface area contributed by atoms with Crippen LogP contribution in [0.4, 0.5) is 0 Å². The van der Waals surface area contributed by atoms with Crippen LogP contribution < -0.4 is 5.43 Å². The third kappa shape index (κ3) is 7.87. The Labute approximate surface area is 116 Å². The van der Waals surface area contributed by atoms with Crippen molar-refractivity contribution in [3.8, 4) is 0 Å². The number of hydrogen-bond donors (Lipinski definition) is 1. The number of carbonyl (C=O) groups is 1. The standard InChI is InChI=1S/C8H18N3O.Ac/c1-6(2)5-10-11(4)8(12)7(3)9;/h6-7,9-10H,5H2,1-4H3;/q-1;. The van der Waals surface area contributed by atoms with Crippen LogP contribution in [0.1, 0.15) is 20.8 Å². The van der Waals surface area contributed by atoms with Crippen molar-refractivity contribution in [2.24, 2.45) is 5.92 Å². The first-order valence-corrected chi connectivity index (χ1v) is 4.17. The summed E-state index contributed by atoms with van der Waals surface area (Å²) in [6.45, 7) is 6.45. The van der Waals surface area contributed by atoms with Crippen molar-refractivity contribution in [1.82, 2.24) is 10.4 Å². The van der Waals surface area contributed by atoms with Gasteiger partial charge in [0.15, 0.2) is 0 Å². The van der Waals surface area contributed by atoms with E-state index in [4.69, 9.17) is 5.73 Å². The van der Waals surface area contributed by atoms with Gasteiger partial charge in [0.2, 0.25) is 5.91 Å². The van der Waals surface area contributed by atoms with Gasteiger partial charge >= 0.3 is 0 Å². The summed E-state index contributed by atoms with van der Waals surface area (Å²) >= 11 is 0. The first-order chi connectivity index (χ1) is 5.45. The SMILES string of the molecule is CC(C)CNN(C)C(=O)C(C)[NH-].[Ac]. The monoisotopic (exact) mass is 399 g/mol. The molecule has 13 heavy (non-hydrogen) atoms. The predicted octanol–water partition coefficient (Wildman–Crippen LogP) is 1.05. The van der Waals surface area contributed by atoms with E-state index in [2.05, 4.69) is 19.3 Å². The maximum atomic E-state index is 11.1. The van der Waals surface area contributed by atoms with E-state index in [0.717, 1.165) is 6.54 Å². The van der Waals surface area contributed by atoms with Gasteiger partial charge in [-0.05, 0) is 5.92 Å². The molecule has 0 aliphatic rings. The number of likely N-dealkylation sites (N-methyl/N-ethyl adjacent to an activating group) is 1. The number of nitrogens with zero attached hydrogens (tertiary/aromatic N) is 1. The molecule has 1 amide bonds. The van der Waals surface area contributed by atoms with E-state index in [1.165, 1.54) is 5.01 Å². The summed E-state index contributed by atoms with van der Waals surface area (Å²) in [6, 6.07) is -0.685. The van der Waals surface area contributed by atoms with Gasteiger partial charge in [0.25, 0.3) is 0 Å². The molecule has 0 aliphatic carbocycles. The van der Waals surface area contributed by atoms with Crippen molar-refractivity contribution in [3.63, 3.8) is 0 Å². The predicted molar refractivity (Wildman–Crippen MR) is 49.4 cm³/mol. The second-order valence-corrected chi connectivity index (χ2v) is 3.38. The minimum atomic E-state index is -0.685. The first-order valence-electron chi connectivity index (χ1n) is 4.17. The molecule has 2 N–H and O–H groups in total. The van der Waals surface area contributed by atoms with E-state index in [9.17, 15) is 4.79 Å². The Morgan fingerprint density at radius 2 is 1.92 bits per heavy atom. The molecule has 0 rings (SSSR count). The number of carbonyl (C=O) groups excluding carboxylic acids is 1. The number of rotatable bonds is 4. The van der Waals surface area contributed by atoms with Crippen LogP contribution in [0.3, 0.4) is 0 Å². The van der Waals surface area contributed by atoms with Crippen LogP contribution in [0.25, 0.3) is 5.73 Å². The number of hydrazine groups is 1. The zero-order chi connectivity index (χ0) is 9.72. The van der Waals surface area contributed by atoms with Crippen LogP contribution in [-0.2, 0) is 4.79 Å². The fourth-order valence-corrected chi connectivity index (χ4v) is 0.688. The summed E-state index contributed by atoms with van der Waals surface area (Å²) in [5.41, 5.74) is 10.1. The van der Waals surface area contributed by atoms with E-state index < -0.39 is 6.04 Å². The maximum Gasteiger partial charge on any atom is 0.218 e. The molecule has 1 radical (unpaired) electrons. The van der Waals surface area contributed by atoms with E-state index in [0.29, 0.717) is 5.92 Å². The smallest absolute Gasteiger partial charge is 0.218 e. The molecule has 0 spiro atoms. The van der Waals surface area contributed by atoms with Gasteiger partial charge < -0.3 is 5.73 Å². The zero-order valence-corrected chi connectivity index (χ0v) is 13.5. The molecule has 0 aromatic carbocycles. The van der Waals surface area contributed by atoms with Gasteiger partial charge in [0, 0.05) is 57.7 Å². The van der Waals surface area contributed by atoms with E-state index in [-0.39, 0.29) is 50.0 Å². The first kappa shape index (κ1) is 16.3. The van der Waals surface area contributed by atoms with Crippen molar-refractivity contribution in [2.45, 2.75) is 26.8 Å². The molecule has 0 aromatic heterocycles. The van der Waals surface area contributed by atoms with Gasteiger partial charge in [0.1, 0.15) is 0 Å². The molecule has 0 bridgehead atoms. The molecule has 4 nitrogen and oxygen atoms in total. The molecule has 0 heterocycles. The molecular formula is C8H18AcN3O-. The van der Waals surface area contributed by atoms with Crippen molar-refractivity contribution < 1.29 is 48.9 Å². The molecule has 0 aliphatic heterocycles. The maximum absolute atomic E-state index is 11.1. The van der Waals surface area contributed by atoms with Gasteiger partial charge in [-0.3, -0.25) is 9.80 Å². The molecule has 0 saturated carbocycles. The normalized spacial score (nSPS) is 12.2. The molecule has 1 atom stereocenters. The van der Waals surface area contributed by atoms with Crippen LogP contribution in [0, 0.1) is 50.0 Å². The molecule has 0 saturated heterocycles. The zero-order valence-electron chi connectivity index (χ0n) is 8.79. The second kappa shape index (κ2) is 8.17. The van der Waals surface area contributed by atoms with Crippen molar-refractivity contribution in [3.05, 3.63) is 5.73 Å². The molecular weight excluding hydrogens is 381 g/mol. The van der Waals surface area contributed by atoms with Crippen LogP contribution in [0.2, 0.25) is 0 Å². The Kier molecular flexibility index (Phi) is 10.2. The molecule has 1 unspecified atom stereocenters. The number of nitrogens with one attached hydrogen (secondary N) is 2.